The maximum absolute atomic E-state index is 14.2. The van der Waals surface area contributed by atoms with E-state index in [1.54, 1.807) is 18.2 Å². The summed E-state index contributed by atoms with van der Waals surface area (Å²) < 4.78 is 15.0. The molecule has 0 aliphatic carbocycles. The zero-order valence-electron chi connectivity index (χ0n) is 17.2. The Kier molecular flexibility index (Phi) is 7.46. The van der Waals surface area contributed by atoms with Crippen molar-refractivity contribution < 1.29 is 9.18 Å². The minimum Gasteiger partial charge on any atom is -0.360 e. The Hall–Kier alpha value is -2.82. The fourth-order valence-electron chi connectivity index (χ4n) is 2.94. The van der Waals surface area contributed by atoms with Crippen LogP contribution in [0, 0.1) is 5.82 Å². The summed E-state index contributed by atoms with van der Waals surface area (Å²) in [6, 6.07) is 16.5. The number of hydrogen-bond acceptors (Lipinski definition) is 8. The van der Waals surface area contributed by atoms with Crippen molar-refractivity contribution >= 4 is 56.3 Å². The number of hydrogen-bond donors (Lipinski definition) is 1. The Morgan fingerprint density at radius 2 is 1.91 bits per heavy atom. The molecular weight excluding hydrogens is 465 g/mol. The molecule has 4 rings (SSSR count). The maximum Gasteiger partial charge on any atom is 0.230 e. The zero-order chi connectivity index (χ0) is 22.3. The van der Waals surface area contributed by atoms with Gasteiger partial charge >= 0.3 is 0 Å². The summed E-state index contributed by atoms with van der Waals surface area (Å²) in [5, 5.41) is 14.8. The van der Waals surface area contributed by atoms with Gasteiger partial charge in [0.15, 0.2) is 9.47 Å². The fraction of sp³-hybridized carbons (Fsp3) is 0.182. The molecule has 1 amide bonds. The van der Waals surface area contributed by atoms with E-state index in [9.17, 15) is 9.18 Å². The molecule has 0 bridgehead atoms. The Labute approximate surface area is 197 Å². The molecule has 0 saturated carbocycles. The molecule has 2 aromatic carbocycles. The molecule has 0 saturated heterocycles. The minimum absolute atomic E-state index is 0.198. The van der Waals surface area contributed by atoms with Gasteiger partial charge in [0.2, 0.25) is 11.0 Å². The molecule has 2 aromatic heterocycles. The van der Waals surface area contributed by atoms with Crippen LogP contribution in [0.1, 0.15) is 18.2 Å². The number of anilines is 3. The van der Waals surface area contributed by atoms with Gasteiger partial charge in [-0.15, -0.1) is 21.5 Å². The molecule has 0 spiro atoms. The van der Waals surface area contributed by atoms with Gasteiger partial charge in [-0.3, -0.25) is 9.69 Å². The van der Waals surface area contributed by atoms with E-state index < -0.39 is 5.82 Å². The lowest BCUT2D eigenvalue weighted by Crippen LogP contribution is -2.23. The number of amides is 1. The highest BCUT2D eigenvalue weighted by molar-refractivity contribution is 8.00. The molecule has 2 heterocycles. The molecule has 0 atom stereocenters. The highest BCUT2D eigenvalue weighted by Crippen LogP contribution is 2.33. The van der Waals surface area contributed by atoms with Crippen molar-refractivity contribution in [2.24, 2.45) is 0 Å². The largest absolute Gasteiger partial charge is 0.360 e. The third-order valence-electron chi connectivity index (χ3n) is 4.42. The maximum atomic E-state index is 14.2. The third kappa shape index (κ3) is 5.70. The Bertz CT molecular complexity index is 1180. The van der Waals surface area contributed by atoms with Crippen molar-refractivity contribution in [1.29, 1.82) is 0 Å². The number of benzene rings is 2. The summed E-state index contributed by atoms with van der Waals surface area (Å²) in [7, 11) is 0. The molecule has 1 N–H and O–H groups in total. The molecule has 0 radical (unpaired) electrons. The Morgan fingerprint density at radius 1 is 1.12 bits per heavy atom. The van der Waals surface area contributed by atoms with Crippen LogP contribution in [0.3, 0.4) is 0 Å². The number of thiazole rings is 1. The lowest BCUT2D eigenvalue weighted by atomic mass is 10.2. The second-order valence-electron chi connectivity index (χ2n) is 6.75. The lowest BCUT2D eigenvalue weighted by Gasteiger charge is -2.18. The van der Waals surface area contributed by atoms with Crippen LogP contribution in [0.25, 0.3) is 0 Å². The van der Waals surface area contributed by atoms with E-state index in [-0.39, 0.29) is 11.6 Å². The number of para-hydroxylation sites is 1. The standard InChI is InChI=1S/C22H20FN5OS3/c1-15(29)28(19-10-6-5-9-18(19)23)21-25-17(13-30-21)14-31-22-27-26-20(32-22)24-12-11-16-7-3-2-4-8-16/h2-10,13H,11-12,14H2,1H3,(H,24,26). The quantitative estimate of drug-likeness (QED) is 0.304. The molecule has 32 heavy (non-hydrogen) atoms. The third-order valence-corrected chi connectivity index (χ3v) is 7.34. The summed E-state index contributed by atoms with van der Waals surface area (Å²) in [5.74, 6) is -0.174. The van der Waals surface area contributed by atoms with Gasteiger partial charge in [0.1, 0.15) is 5.82 Å². The second kappa shape index (κ2) is 10.7. The normalized spacial score (nSPS) is 10.8. The SMILES string of the molecule is CC(=O)N(c1nc(CSc2nnc(NCCc3ccccc3)s2)cs1)c1ccccc1F. The molecule has 0 unspecified atom stereocenters. The number of nitrogens with one attached hydrogen (secondary N) is 1. The topological polar surface area (TPSA) is 71.0 Å². The van der Waals surface area contributed by atoms with Gasteiger partial charge in [-0.2, -0.15) is 0 Å². The molecule has 164 valence electrons. The number of aromatic nitrogens is 3. The van der Waals surface area contributed by atoms with Crippen molar-refractivity contribution in [3.8, 4) is 0 Å². The Balaban J connectivity index is 1.33. The van der Waals surface area contributed by atoms with E-state index in [1.165, 1.54) is 57.9 Å². The van der Waals surface area contributed by atoms with E-state index >= 15 is 0 Å². The van der Waals surface area contributed by atoms with Gasteiger partial charge in [0, 0.05) is 24.6 Å². The van der Waals surface area contributed by atoms with Crippen LogP contribution in [0.4, 0.5) is 20.3 Å². The van der Waals surface area contributed by atoms with Gasteiger partial charge in [-0.1, -0.05) is 65.6 Å². The minimum atomic E-state index is -0.463. The van der Waals surface area contributed by atoms with Gasteiger partial charge in [0.05, 0.1) is 11.4 Å². The molecule has 0 fully saturated rings. The number of carbonyl (C=O) groups is 1. The number of nitrogens with zero attached hydrogens (tertiary/aromatic N) is 4. The van der Waals surface area contributed by atoms with Crippen LogP contribution >= 0.6 is 34.4 Å². The monoisotopic (exact) mass is 485 g/mol. The van der Waals surface area contributed by atoms with Crippen LogP contribution in [-0.2, 0) is 17.0 Å². The second-order valence-corrected chi connectivity index (χ2v) is 9.79. The molecule has 0 aliphatic heterocycles. The number of halogens is 1. The van der Waals surface area contributed by atoms with Crippen molar-refractivity contribution in [3.63, 3.8) is 0 Å². The summed E-state index contributed by atoms with van der Waals surface area (Å²) in [6.45, 7) is 2.19. The van der Waals surface area contributed by atoms with Crippen LogP contribution in [0.5, 0.6) is 0 Å². The highest BCUT2D eigenvalue weighted by Gasteiger charge is 2.21. The zero-order valence-corrected chi connectivity index (χ0v) is 19.6. The smallest absolute Gasteiger partial charge is 0.230 e. The van der Waals surface area contributed by atoms with Crippen molar-refractivity contribution in [2.75, 3.05) is 16.8 Å². The van der Waals surface area contributed by atoms with Gasteiger partial charge in [-0.25, -0.2) is 9.37 Å². The first-order valence-electron chi connectivity index (χ1n) is 9.84. The predicted octanol–water partition coefficient (Wildman–Crippen LogP) is 5.77. The molecule has 6 nitrogen and oxygen atoms in total. The lowest BCUT2D eigenvalue weighted by molar-refractivity contribution is -0.115. The van der Waals surface area contributed by atoms with Crippen molar-refractivity contribution in [3.05, 3.63) is 77.1 Å². The molecule has 0 aliphatic rings. The van der Waals surface area contributed by atoms with Crippen LogP contribution < -0.4 is 10.2 Å². The average molecular weight is 486 g/mol. The summed E-state index contributed by atoms with van der Waals surface area (Å²) in [4.78, 5) is 18.0. The van der Waals surface area contributed by atoms with Crippen molar-refractivity contribution in [1.82, 2.24) is 15.2 Å². The number of carbonyl (C=O) groups excluding carboxylic acids is 1. The first-order chi connectivity index (χ1) is 15.6. The van der Waals surface area contributed by atoms with Crippen LogP contribution in [0.2, 0.25) is 0 Å². The van der Waals surface area contributed by atoms with E-state index in [0.29, 0.717) is 10.9 Å². The molecule has 4 aromatic rings. The van der Waals surface area contributed by atoms with Gasteiger partial charge in [-0.05, 0) is 24.1 Å². The average Bonchev–Trinajstić information content (AvgIpc) is 3.44. The fourth-order valence-corrected chi connectivity index (χ4v) is 5.59. The predicted molar refractivity (Wildman–Crippen MR) is 129 cm³/mol. The number of thioether (sulfide) groups is 1. The first-order valence-corrected chi connectivity index (χ1v) is 12.5. The Morgan fingerprint density at radius 3 is 2.69 bits per heavy atom. The van der Waals surface area contributed by atoms with Crippen LogP contribution in [0.15, 0.2) is 64.3 Å². The van der Waals surface area contributed by atoms with Gasteiger partial charge < -0.3 is 5.32 Å². The summed E-state index contributed by atoms with van der Waals surface area (Å²) in [6.07, 6.45) is 0.916. The van der Waals surface area contributed by atoms with E-state index in [2.05, 4.69) is 32.6 Å². The van der Waals surface area contributed by atoms with E-state index in [0.717, 1.165) is 28.1 Å². The van der Waals surface area contributed by atoms with E-state index in [1.807, 2.05) is 23.6 Å². The molecule has 10 heteroatoms. The van der Waals surface area contributed by atoms with Crippen LogP contribution in [-0.4, -0.2) is 27.6 Å². The highest BCUT2D eigenvalue weighted by atomic mass is 32.2. The summed E-state index contributed by atoms with van der Waals surface area (Å²) in [5.41, 5.74) is 2.27. The summed E-state index contributed by atoms with van der Waals surface area (Å²) >= 11 is 4.33. The first kappa shape index (κ1) is 22.4. The molecular formula is C22H20FN5OS3. The van der Waals surface area contributed by atoms with E-state index in [4.69, 9.17) is 0 Å². The van der Waals surface area contributed by atoms with Crippen molar-refractivity contribution in [2.45, 2.75) is 23.4 Å². The number of rotatable bonds is 9. The van der Waals surface area contributed by atoms with Gasteiger partial charge in [0.25, 0.3) is 0 Å².